The molecule has 1 N–H and O–H groups in total. The molecule has 1 atom stereocenters. The molecule has 2 rings (SSSR count). The number of rotatable bonds is 5. The average molecular weight is 440 g/mol. The number of anilines is 1. The Labute approximate surface area is 181 Å². The summed E-state index contributed by atoms with van der Waals surface area (Å²) in [7, 11) is -1.40. The minimum atomic E-state index is -1.40. The summed E-state index contributed by atoms with van der Waals surface area (Å²) < 4.78 is 35.0. The molecule has 6 nitrogen and oxygen atoms in total. The van der Waals surface area contributed by atoms with Crippen LogP contribution in [-0.4, -0.2) is 46.5 Å². The Bertz CT molecular complexity index is 792. The van der Waals surface area contributed by atoms with E-state index >= 15 is 0 Å². The van der Waals surface area contributed by atoms with Crippen LogP contribution in [0.1, 0.15) is 59.9 Å². The highest BCUT2D eigenvalue weighted by molar-refractivity contribution is 7.85. The number of carbonyl (C=O) groups excluding carboxylic acids is 1. The number of ether oxygens (including phenoxy) is 1. The summed E-state index contributed by atoms with van der Waals surface area (Å²) in [5.41, 5.74) is 0.993. The first-order valence-electron chi connectivity index (χ1n) is 10.3. The molecule has 1 aromatic rings. The topological polar surface area (TPSA) is 71.0 Å². The lowest BCUT2D eigenvalue weighted by atomic mass is 9.96. The van der Waals surface area contributed by atoms with Crippen LogP contribution in [-0.2, 0) is 15.7 Å². The largest absolute Gasteiger partial charge is 0.444 e. The Balaban J connectivity index is 1.98. The molecule has 168 valence electrons. The molecule has 8 heteroatoms. The zero-order chi connectivity index (χ0) is 22.5. The van der Waals surface area contributed by atoms with Crippen LogP contribution < -0.4 is 10.2 Å². The van der Waals surface area contributed by atoms with Gasteiger partial charge in [0.2, 0.25) is 0 Å². The van der Waals surface area contributed by atoms with Gasteiger partial charge in [-0.15, -0.1) is 0 Å². The van der Waals surface area contributed by atoms with E-state index in [4.69, 9.17) is 4.74 Å². The number of benzene rings is 1. The van der Waals surface area contributed by atoms with Crippen LogP contribution in [0.4, 0.5) is 14.9 Å². The molecular formula is C22H34FN3O3S. The van der Waals surface area contributed by atoms with Crippen LogP contribution in [0.3, 0.4) is 0 Å². The van der Waals surface area contributed by atoms with E-state index in [2.05, 4.69) is 14.6 Å². The van der Waals surface area contributed by atoms with Gasteiger partial charge in [0.25, 0.3) is 0 Å². The third-order valence-corrected chi connectivity index (χ3v) is 6.03. The predicted octanol–water partition coefficient (Wildman–Crippen LogP) is 4.45. The van der Waals surface area contributed by atoms with E-state index in [1.807, 2.05) is 41.5 Å². The second-order valence-corrected chi connectivity index (χ2v) is 11.5. The standard InChI is InChI=1S/C22H34FN3O3S/c1-21(2,3)29-20(27)24-14-16-9-11-26(12-10-16)19-8-7-18(23)13-17(19)15-25-30(28)22(4,5)6/h7-8,13,15-16H,9-12,14H2,1-6H3,(H,24,27)/b25-15+/t30-/m1/s1. The van der Waals surface area contributed by atoms with Gasteiger partial charge in [-0.1, -0.05) is 0 Å². The Morgan fingerprint density at radius 1 is 1.27 bits per heavy atom. The van der Waals surface area contributed by atoms with Crippen molar-refractivity contribution in [2.45, 2.75) is 64.7 Å². The Morgan fingerprint density at radius 3 is 2.47 bits per heavy atom. The molecule has 0 aliphatic carbocycles. The van der Waals surface area contributed by atoms with Crippen molar-refractivity contribution in [1.29, 1.82) is 0 Å². The van der Waals surface area contributed by atoms with Crippen LogP contribution >= 0.6 is 0 Å². The summed E-state index contributed by atoms with van der Waals surface area (Å²) in [6.45, 7) is 13.2. The highest BCUT2D eigenvalue weighted by Gasteiger charge is 2.23. The van der Waals surface area contributed by atoms with E-state index in [0.717, 1.165) is 31.6 Å². The van der Waals surface area contributed by atoms with E-state index in [-0.39, 0.29) is 5.82 Å². The molecule has 1 aliphatic rings. The van der Waals surface area contributed by atoms with Crippen LogP contribution in [0.5, 0.6) is 0 Å². The fourth-order valence-corrected chi connectivity index (χ4v) is 3.62. The molecule has 0 radical (unpaired) electrons. The fourth-order valence-electron chi connectivity index (χ4n) is 3.10. The van der Waals surface area contributed by atoms with Crippen LogP contribution in [0.25, 0.3) is 0 Å². The van der Waals surface area contributed by atoms with Crippen molar-refractivity contribution in [2.24, 2.45) is 10.3 Å². The van der Waals surface area contributed by atoms with Crippen LogP contribution in [0, 0.1) is 11.7 Å². The fraction of sp³-hybridized carbons (Fsp3) is 0.636. The van der Waals surface area contributed by atoms with Crippen molar-refractivity contribution in [1.82, 2.24) is 5.32 Å². The minimum absolute atomic E-state index is 0.349. The molecule has 1 amide bonds. The third kappa shape index (κ3) is 7.70. The van der Waals surface area contributed by atoms with Crippen molar-refractivity contribution in [3.8, 4) is 0 Å². The number of hydrogen-bond donors (Lipinski definition) is 1. The molecule has 1 saturated heterocycles. The number of alkyl carbamates (subject to hydrolysis) is 1. The number of halogens is 1. The van der Waals surface area contributed by atoms with Crippen molar-refractivity contribution in [2.75, 3.05) is 24.5 Å². The molecule has 1 aromatic carbocycles. The highest BCUT2D eigenvalue weighted by atomic mass is 32.2. The summed E-state index contributed by atoms with van der Waals surface area (Å²) in [4.78, 5) is 14.0. The van der Waals surface area contributed by atoms with Gasteiger partial charge in [0, 0.05) is 37.1 Å². The molecule has 1 aliphatic heterocycles. The monoisotopic (exact) mass is 439 g/mol. The van der Waals surface area contributed by atoms with Gasteiger partial charge < -0.3 is 15.0 Å². The molecular weight excluding hydrogens is 405 g/mol. The summed E-state index contributed by atoms with van der Waals surface area (Å²) in [5.74, 6) is 0.0120. The second-order valence-electron chi connectivity index (χ2n) is 9.61. The zero-order valence-corrected chi connectivity index (χ0v) is 19.6. The number of amides is 1. The van der Waals surface area contributed by atoms with Crippen molar-refractivity contribution < 1.29 is 18.1 Å². The first-order valence-corrected chi connectivity index (χ1v) is 11.4. The van der Waals surface area contributed by atoms with Crippen LogP contribution in [0.2, 0.25) is 0 Å². The van der Waals surface area contributed by atoms with Crippen molar-refractivity contribution in [3.63, 3.8) is 0 Å². The Hall–Kier alpha value is -1.96. The maximum Gasteiger partial charge on any atom is 0.407 e. The highest BCUT2D eigenvalue weighted by Crippen LogP contribution is 2.26. The van der Waals surface area contributed by atoms with Gasteiger partial charge in [0.05, 0.1) is 4.75 Å². The molecule has 0 saturated carbocycles. The second kappa shape index (κ2) is 9.90. The number of nitrogens with one attached hydrogen (secondary N) is 1. The Morgan fingerprint density at radius 2 is 1.90 bits per heavy atom. The molecule has 0 bridgehead atoms. The molecule has 30 heavy (non-hydrogen) atoms. The lowest BCUT2D eigenvalue weighted by Gasteiger charge is -2.34. The van der Waals surface area contributed by atoms with E-state index in [1.54, 1.807) is 6.07 Å². The number of hydrogen-bond acceptors (Lipinski definition) is 4. The van der Waals surface area contributed by atoms with Crippen molar-refractivity contribution in [3.05, 3.63) is 29.6 Å². The van der Waals surface area contributed by atoms with Gasteiger partial charge in [-0.2, -0.15) is 4.40 Å². The summed E-state index contributed by atoms with van der Waals surface area (Å²) in [6.07, 6.45) is 2.92. The number of nitrogens with zero attached hydrogens (tertiary/aromatic N) is 2. The maximum atomic E-state index is 13.8. The zero-order valence-electron chi connectivity index (χ0n) is 18.8. The van der Waals surface area contributed by atoms with E-state index in [0.29, 0.717) is 18.0 Å². The summed E-state index contributed by atoms with van der Waals surface area (Å²) in [6, 6.07) is 4.61. The summed E-state index contributed by atoms with van der Waals surface area (Å²) in [5, 5.41) is 2.84. The average Bonchev–Trinajstić information content (AvgIpc) is 2.63. The van der Waals surface area contributed by atoms with Gasteiger partial charge in [0.15, 0.2) is 0 Å². The number of carbonyl (C=O) groups is 1. The smallest absolute Gasteiger partial charge is 0.407 e. The van der Waals surface area contributed by atoms with Gasteiger partial charge in [0.1, 0.15) is 22.4 Å². The van der Waals surface area contributed by atoms with E-state index < -0.39 is 27.4 Å². The summed E-state index contributed by atoms with van der Waals surface area (Å²) >= 11 is 0. The van der Waals surface area contributed by atoms with Gasteiger partial charge in [-0.3, -0.25) is 0 Å². The molecule has 0 unspecified atom stereocenters. The molecule has 0 spiro atoms. The van der Waals surface area contributed by atoms with E-state index in [9.17, 15) is 13.4 Å². The van der Waals surface area contributed by atoms with Gasteiger partial charge in [-0.25, -0.2) is 13.4 Å². The number of piperidine rings is 1. The van der Waals surface area contributed by atoms with Gasteiger partial charge in [-0.05, 0) is 78.5 Å². The SMILES string of the molecule is CC(C)(C)OC(=O)NCC1CCN(c2ccc(F)cc2/C=N/[S@](=O)C(C)(C)C)CC1. The quantitative estimate of drug-likeness (QED) is 0.688. The predicted molar refractivity (Wildman–Crippen MR) is 121 cm³/mol. The lowest BCUT2D eigenvalue weighted by molar-refractivity contribution is 0.0517. The van der Waals surface area contributed by atoms with E-state index in [1.165, 1.54) is 18.3 Å². The van der Waals surface area contributed by atoms with Crippen molar-refractivity contribution >= 4 is 29.0 Å². The normalized spacial score (nSPS) is 17.2. The molecule has 0 aromatic heterocycles. The van der Waals surface area contributed by atoms with Gasteiger partial charge >= 0.3 is 6.09 Å². The molecule has 1 fully saturated rings. The first kappa shape index (κ1) is 24.3. The molecule has 1 heterocycles. The van der Waals surface area contributed by atoms with Crippen LogP contribution in [0.15, 0.2) is 22.6 Å². The lowest BCUT2D eigenvalue weighted by Crippen LogP contribution is -2.40. The minimum Gasteiger partial charge on any atom is -0.444 e. The third-order valence-electron chi connectivity index (χ3n) is 4.69. The Kier molecular flexibility index (Phi) is 8.02. The maximum absolute atomic E-state index is 13.8. The first-order chi connectivity index (χ1) is 13.8.